The number of carbonyl (C=O) groups excluding carboxylic acids is 3. The van der Waals surface area contributed by atoms with Crippen LogP contribution < -0.4 is 0 Å². The van der Waals surface area contributed by atoms with E-state index in [-0.39, 0.29) is 31.1 Å². The summed E-state index contributed by atoms with van der Waals surface area (Å²) in [5.41, 5.74) is 0. The summed E-state index contributed by atoms with van der Waals surface area (Å²) in [6, 6.07) is 0. The SMILES string of the molecule is CC/C=C\C/C=C\C/C=C\C/C=C\C/C=C\C/C=C\C/C=C\C/C=C\CCCCC(=O)OCC(COC(=O)CCCCCCC/C=C\CCCCCCC)OC(=O)CCCCCCCC/C=C\C/C=C\C/C=C\CCCCC. The minimum absolute atomic E-state index is 0.106. The van der Waals surface area contributed by atoms with Gasteiger partial charge in [0, 0.05) is 19.3 Å². The van der Waals surface area contributed by atoms with E-state index in [0.29, 0.717) is 25.7 Å². The van der Waals surface area contributed by atoms with Crippen LogP contribution in [0.15, 0.2) is 146 Å². The molecule has 0 bridgehead atoms. The average molecular weight is 1080 g/mol. The lowest BCUT2D eigenvalue weighted by Gasteiger charge is -2.18. The van der Waals surface area contributed by atoms with E-state index in [1.54, 1.807) is 0 Å². The van der Waals surface area contributed by atoms with Crippen molar-refractivity contribution >= 4 is 17.9 Å². The monoisotopic (exact) mass is 1080 g/mol. The van der Waals surface area contributed by atoms with Crippen molar-refractivity contribution in [1.29, 1.82) is 0 Å². The highest BCUT2D eigenvalue weighted by Crippen LogP contribution is 2.14. The van der Waals surface area contributed by atoms with Gasteiger partial charge in [-0.2, -0.15) is 0 Å². The van der Waals surface area contributed by atoms with Crippen molar-refractivity contribution in [3.63, 3.8) is 0 Å². The third-order valence-electron chi connectivity index (χ3n) is 13.0. The van der Waals surface area contributed by atoms with E-state index in [9.17, 15) is 14.4 Å². The second kappa shape index (κ2) is 64.8. The van der Waals surface area contributed by atoms with Crippen LogP contribution in [0, 0.1) is 0 Å². The van der Waals surface area contributed by atoms with Crippen LogP contribution in [0.4, 0.5) is 0 Å². The molecule has 1 unspecified atom stereocenters. The topological polar surface area (TPSA) is 78.9 Å². The molecule has 0 N–H and O–H groups in total. The summed E-state index contributed by atoms with van der Waals surface area (Å²) in [5, 5.41) is 0. The van der Waals surface area contributed by atoms with Crippen molar-refractivity contribution in [3.8, 4) is 0 Å². The van der Waals surface area contributed by atoms with Gasteiger partial charge in [0.15, 0.2) is 6.10 Å². The Balaban J connectivity index is 4.49. The van der Waals surface area contributed by atoms with E-state index >= 15 is 0 Å². The molecular formula is C72H116O6. The maximum Gasteiger partial charge on any atom is 0.306 e. The Bertz CT molecular complexity index is 1710. The van der Waals surface area contributed by atoms with Gasteiger partial charge in [-0.15, -0.1) is 0 Å². The molecule has 0 spiro atoms. The first kappa shape index (κ1) is 73.3. The van der Waals surface area contributed by atoms with Crippen molar-refractivity contribution in [2.75, 3.05) is 13.2 Å². The largest absolute Gasteiger partial charge is 0.462 e. The van der Waals surface area contributed by atoms with Crippen LogP contribution in [0.25, 0.3) is 0 Å². The minimum Gasteiger partial charge on any atom is -0.462 e. The first-order valence-corrected chi connectivity index (χ1v) is 31.8. The molecule has 0 rings (SSSR count). The Hall–Kier alpha value is -4.71. The molecule has 440 valence electrons. The number of esters is 3. The summed E-state index contributed by atoms with van der Waals surface area (Å²) in [7, 11) is 0. The molecule has 0 aliphatic heterocycles. The van der Waals surface area contributed by atoms with Gasteiger partial charge in [-0.25, -0.2) is 0 Å². The van der Waals surface area contributed by atoms with Crippen molar-refractivity contribution in [1.82, 2.24) is 0 Å². The number of carbonyl (C=O) groups is 3. The van der Waals surface area contributed by atoms with E-state index in [1.165, 1.54) is 83.5 Å². The normalized spacial score (nSPS) is 13.1. The van der Waals surface area contributed by atoms with Crippen molar-refractivity contribution in [2.24, 2.45) is 0 Å². The quantitative estimate of drug-likeness (QED) is 0.0261. The lowest BCUT2D eigenvalue weighted by molar-refractivity contribution is -0.167. The molecule has 0 heterocycles. The third kappa shape index (κ3) is 62.1. The molecule has 0 aliphatic carbocycles. The average Bonchev–Trinajstić information content (AvgIpc) is 3.44. The van der Waals surface area contributed by atoms with Crippen molar-refractivity contribution in [2.45, 2.75) is 277 Å². The zero-order valence-electron chi connectivity index (χ0n) is 50.4. The zero-order valence-corrected chi connectivity index (χ0v) is 50.4. The Morgan fingerprint density at radius 2 is 0.500 bits per heavy atom. The minimum atomic E-state index is -0.814. The van der Waals surface area contributed by atoms with Crippen LogP contribution in [0.2, 0.25) is 0 Å². The summed E-state index contributed by atoms with van der Waals surface area (Å²) in [5.74, 6) is -0.974. The molecule has 0 saturated carbocycles. The van der Waals surface area contributed by atoms with E-state index in [4.69, 9.17) is 14.2 Å². The number of hydrogen-bond acceptors (Lipinski definition) is 6. The van der Waals surface area contributed by atoms with Crippen LogP contribution in [0.1, 0.15) is 271 Å². The number of rotatable bonds is 56. The summed E-state index contributed by atoms with van der Waals surface area (Å²) in [6.45, 7) is 6.43. The molecule has 0 aromatic carbocycles. The molecule has 78 heavy (non-hydrogen) atoms. The molecule has 0 saturated heterocycles. The highest BCUT2D eigenvalue weighted by Gasteiger charge is 2.19. The summed E-state index contributed by atoms with van der Waals surface area (Å²) in [4.78, 5) is 38.3. The van der Waals surface area contributed by atoms with Gasteiger partial charge in [0.1, 0.15) is 13.2 Å². The van der Waals surface area contributed by atoms with E-state index in [0.717, 1.165) is 141 Å². The molecule has 0 aromatic rings. The number of ether oxygens (including phenoxy) is 3. The Kier molecular flexibility index (Phi) is 60.9. The lowest BCUT2D eigenvalue weighted by atomic mass is 10.1. The molecule has 0 radical (unpaired) electrons. The van der Waals surface area contributed by atoms with Gasteiger partial charge in [-0.05, 0) is 148 Å². The van der Waals surface area contributed by atoms with Crippen LogP contribution in [-0.2, 0) is 28.6 Å². The van der Waals surface area contributed by atoms with Gasteiger partial charge in [0.05, 0.1) is 0 Å². The first-order chi connectivity index (χ1) is 38.5. The second-order valence-corrected chi connectivity index (χ2v) is 20.6. The first-order valence-electron chi connectivity index (χ1n) is 31.8. The highest BCUT2D eigenvalue weighted by molar-refractivity contribution is 5.71. The van der Waals surface area contributed by atoms with Gasteiger partial charge >= 0.3 is 17.9 Å². The fourth-order valence-corrected chi connectivity index (χ4v) is 8.28. The number of hydrogen-bond donors (Lipinski definition) is 0. The van der Waals surface area contributed by atoms with Gasteiger partial charge in [-0.3, -0.25) is 14.4 Å². The van der Waals surface area contributed by atoms with Crippen molar-refractivity contribution < 1.29 is 28.6 Å². The molecule has 1 atom stereocenters. The molecule has 6 heteroatoms. The van der Waals surface area contributed by atoms with Crippen LogP contribution in [0.3, 0.4) is 0 Å². The second-order valence-electron chi connectivity index (χ2n) is 20.6. The molecule has 6 nitrogen and oxygen atoms in total. The van der Waals surface area contributed by atoms with Crippen LogP contribution >= 0.6 is 0 Å². The molecule has 0 fully saturated rings. The maximum absolute atomic E-state index is 12.9. The molecule has 0 aromatic heterocycles. The number of allylic oxidation sites excluding steroid dienone is 24. The maximum atomic E-state index is 12.9. The van der Waals surface area contributed by atoms with Crippen LogP contribution in [-0.4, -0.2) is 37.2 Å². The van der Waals surface area contributed by atoms with Crippen LogP contribution in [0.5, 0.6) is 0 Å². The summed E-state index contributed by atoms with van der Waals surface area (Å²) in [6.07, 6.45) is 92.7. The Morgan fingerprint density at radius 1 is 0.269 bits per heavy atom. The van der Waals surface area contributed by atoms with Gasteiger partial charge in [-0.1, -0.05) is 250 Å². The molecule has 0 amide bonds. The molecule has 0 aliphatic rings. The molecular weight excluding hydrogens is 961 g/mol. The van der Waals surface area contributed by atoms with Gasteiger partial charge < -0.3 is 14.2 Å². The lowest BCUT2D eigenvalue weighted by Crippen LogP contribution is -2.30. The standard InChI is InChI=1S/C72H116O6/c1-4-7-10-13-16-19-22-25-28-30-32-33-34-35-36-37-38-39-41-42-44-47-50-53-56-59-62-65-71(74)77-68-69(67-76-70(73)64-61-58-55-52-49-46-27-24-21-18-15-12-9-6-3)78-72(75)66-63-60-57-54-51-48-45-43-40-31-29-26-23-20-17-14-11-8-5-2/h7,10,16-17,19-20,24-29,32-33,35-36,38-40,42-44,50,53,69H,4-6,8-9,11-15,18,21-23,30-31,34,37,41,45-49,51-52,54-68H2,1-3H3/b10-7-,19-16-,20-17-,27-24-,28-25-,29-26-,33-32-,36-35-,39-38-,43-40-,44-42-,53-50-. The Labute approximate surface area is 480 Å². The van der Waals surface area contributed by atoms with E-state index < -0.39 is 6.10 Å². The van der Waals surface area contributed by atoms with E-state index in [1.807, 2.05) is 0 Å². The third-order valence-corrected chi connectivity index (χ3v) is 13.0. The zero-order chi connectivity index (χ0) is 56.4. The van der Waals surface area contributed by atoms with E-state index in [2.05, 4.69) is 167 Å². The summed E-state index contributed by atoms with van der Waals surface area (Å²) < 4.78 is 16.9. The van der Waals surface area contributed by atoms with Crippen molar-refractivity contribution in [3.05, 3.63) is 146 Å². The fraction of sp³-hybridized carbons (Fsp3) is 0.625. The predicted octanol–water partition coefficient (Wildman–Crippen LogP) is 21.9. The Morgan fingerprint density at radius 3 is 0.846 bits per heavy atom. The smallest absolute Gasteiger partial charge is 0.306 e. The van der Waals surface area contributed by atoms with Gasteiger partial charge in [0.2, 0.25) is 0 Å². The highest BCUT2D eigenvalue weighted by atomic mass is 16.6. The van der Waals surface area contributed by atoms with Gasteiger partial charge in [0.25, 0.3) is 0 Å². The fourth-order valence-electron chi connectivity index (χ4n) is 8.28. The summed E-state index contributed by atoms with van der Waals surface area (Å²) >= 11 is 0. The predicted molar refractivity (Wildman–Crippen MR) is 339 cm³/mol. The number of unbranched alkanes of at least 4 members (excludes halogenated alkanes) is 21.